The van der Waals surface area contributed by atoms with Crippen LogP contribution in [0.15, 0.2) is 66.7 Å². The number of piperazine rings is 1. The summed E-state index contributed by atoms with van der Waals surface area (Å²) in [6.07, 6.45) is 0. The molecule has 0 spiro atoms. The molecule has 4 rings (SSSR count). The maximum atomic E-state index is 12.8. The first-order valence-corrected chi connectivity index (χ1v) is 11.7. The molecule has 1 aliphatic heterocycles. The van der Waals surface area contributed by atoms with Crippen LogP contribution in [-0.4, -0.2) is 53.7 Å². The van der Waals surface area contributed by atoms with Crippen molar-refractivity contribution >= 4 is 23.4 Å². The minimum atomic E-state index is -0.479. The van der Waals surface area contributed by atoms with Crippen molar-refractivity contribution in [2.24, 2.45) is 5.73 Å². The van der Waals surface area contributed by atoms with Crippen LogP contribution >= 0.6 is 0 Å². The lowest BCUT2D eigenvalue weighted by Crippen LogP contribution is -2.47. The van der Waals surface area contributed by atoms with E-state index in [4.69, 9.17) is 5.73 Å². The van der Waals surface area contributed by atoms with Crippen LogP contribution in [-0.2, 0) is 11.3 Å². The van der Waals surface area contributed by atoms with E-state index < -0.39 is 5.91 Å². The second-order valence-electron chi connectivity index (χ2n) is 8.87. The molecule has 180 valence electrons. The molecule has 0 aromatic heterocycles. The normalized spacial score (nSPS) is 13.9. The third-order valence-electron chi connectivity index (χ3n) is 6.41. The van der Waals surface area contributed by atoms with E-state index in [1.807, 2.05) is 54.3 Å². The van der Waals surface area contributed by atoms with Gasteiger partial charge in [0.05, 0.1) is 0 Å². The molecule has 0 atom stereocenters. The predicted octanol–water partition coefficient (Wildman–Crippen LogP) is 3.68. The number of amides is 3. The van der Waals surface area contributed by atoms with Gasteiger partial charge in [0, 0.05) is 56.5 Å². The lowest BCUT2D eigenvalue weighted by atomic mass is 9.94. The minimum Gasteiger partial charge on any atom is -0.366 e. The number of aryl methyl sites for hydroxylation is 1. The summed E-state index contributed by atoms with van der Waals surface area (Å²) in [6, 6.07) is 20.4. The summed E-state index contributed by atoms with van der Waals surface area (Å²) < 4.78 is 0. The van der Waals surface area contributed by atoms with E-state index in [-0.39, 0.29) is 11.8 Å². The third kappa shape index (κ3) is 5.75. The summed E-state index contributed by atoms with van der Waals surface area (Å²) in [5.41, 5.74) is 11.0. The van der Waals surface area contributed by atoms with Gasteiger partial charge in [-0.15, -0.1) is 0 Å². The SMILES string of the molecule is CC(=O)N1CCN(Cc2ccc(NC(=O)c3ccc(-c4c(C)cccc4C(N)=O)cc3)cc2)CC1. The van der Waals surface area contributed by atoms with Gasteiger partial charge >= 0.3 is 0 Å². The molecule has 0 aliphatic carbocycles. The zero-order valence-electron chi connectivity index (χ0n) is 20.1. The average Bonchev–Trinajstić information content (AvgIpc) is 2.85. The molecule has 7 nitrogen and oxygen atoms in total. The van der Waals surface area contributed by atoms with Crippen molar-refractivity contribution in [2.45, 2.75) is 20.4 Å². The van der Waals surface area contributed by atoms with E-state index in [0.717, 1.165) is 60.7 Å². The maximum Gasteiger partial charge on any atom is 0.255 e. The highest BCUT2D eigenvalue weighted by Crippen LogP contribution is 2.28. The van der Waals surface area contributed by atoms with Crippen LogP contribution in [0.3, 0.4) is 0 Å². The van der Waals surface area contributed by atoms with E-state index in [1.54, 1.807) is 31.2 Å². The van der Waals surface area contributed by atoms with Gasteiger partial charge in [0.2, 0.25) is 11.8 Å². The van der Waals surface area contributed by atoms with Crippen molar-refractivity contribution in [1.82, 2.24) is 9.80 Å². The highest BCUT2D eigenvalue weighted by Gasteiger charge is 2.18. The van der Waals surface area contributed by atoms with Crippen LogP contribution in [0.1, 0.15) is 38.8 Å². The number of hydrogen-bond acceptors (Lipinski definition) is 4. The van der Waals surface area contributed by atoms with Gasteiger partial charge in [-0.25, -0.2) is 0 Å². The molecular weight excluding hydrogens is 440 g/mol. The van der Waals surface area contributed by atoms with Crippen molar-refractivity contribution in [3.8, 4) is 11.1 Å². The molecule has 1 fully saturated rings. The maximum absolute atomic E-state index is 12.8. The Kier molecular flexibility index (Phi) is 7.27. The predicted molar refractivity (Wildman–Crippen MR) is 137 cm³/mol. The number of nitrogens with zero attached hydrogens (tertiary/aromatic N) is 2. The van der Waals surface area contributed by atoms with Crippen LogP contribution in [0.4, 0.5) is 5.69 Å². The van der Waals surface area contributed by atoms with Crippen molar-refractivity contribution in [2.75, 3.05) is 31.5 Å². The van der Waals surface area contributed by atoms with Gasteiger partial charge in [-0.3, -0.25) is 19.3 Å². The standard InChI is InChI=1S/C28H30N4O3/c1-19-4-3-5-25(27(29)34)26(19)22-8-10-23(11-9-22)28(35)30-24-12-6-21(7-13-24)18-31-14-16-32(17-15-31)20(2)33/h3-13H,14-18H2,1-2H3,(H2,29,34)(H,30,35). The number of carbonyl (C=O) groups is 3. The summed E-state index contributed by atoms with van der Waals surface area (Å²) in [6.45, 7) is 7.59. The second kappa shape index (κ2) is 10.5. The van der Waals surface area contributed by atoms with Crippen LogP contribution in [0.2, 0.25) is 0 Å². The quantitative estimate of drug-likeness (QED) is 0.575. The zero-order chi connectivity index (χ0) is 24.9. The summed E-state index contributed by atoms with van der Waals surface area (Å²) in [5, 5.41) is 2.94. The van der Waals surface area contributed by atoms with Gasteiger partial charge in [-0.1, -0.05) is 36.4 Å². The Morgan fingerprint density at radius 3 is 2.14 bits per heavy atom. The van der Waals surface area contributed by atoms with E-state index in [2.05, 4.69) is 10.2 Å². The van der Waals surface area contributed by atoms with Crippen molar-refractivity contribution < 1.29 is 14.4 Å². The molecule has 1 heterocycles. The molecule has 1 saturated heterocycles. The Bertz CT molecular complexity index is 1230. The molecule has 0 unspecified atom stereocenters. The topological polar surface area (TPSA) is 95.7 Å². The van der Waals surface area contributed by atoms with E-state index in [0.29, 0.717) is 11.1 Å². The number of anilines is 1. The number of benzene rings is 3. The van der Waals surface area contributed by atoms with Gasteiger partial charge < -0.3 is 16.0 Å². The van der Waals surface area contributed by atoms with Crippen molar-refractivity contribution in [3.63, 3.8) is 0 Å². The van der Waals surface area contributed by atoms with Gasteiger partial charge in [0.25, 0.3) is 5.91 Å². The summed E-state index contributed by atoms with van der Waals surface area (Å²) in [5.74, 6) is -0.554. The van der Waals surface area contributed by atoms with Crippen molar-refractivity contribution in [1.29, 1.82) is 0 Å². The number of nitrogens with one attached hydrogen (secondary N) is 1. The van der Waals surface area contributed by atoms with E-state index in [9.17, 15) is 14.4 Å². The molecule has 35 heavy (non-hydrogen) atoms. The second-order valence-corrected chi connectivity index (χ2v) is 8.87. The highest BCUT2D eigenvalue weighted by atomic mass is 16.2. The molecule has 0 bridgehead atoms. The van der Waals surface area contributed by atoms with Crippen LogP contribution < -0.4 is 11.1 Å². The molecule has 3 amide bonds. The first-order chi connectivity index (χ1) is 16.8. The van der Waals surface area contributed by atoms with E-state index in [1.165, 1.54) is 0 Å². The highest BCUT2D eigenvalue weighted by molar-refractivity contribution is 6.05. The number of rotatable bonds is 6. The summed E-state index contributed by atoms with van der Waals surface area (Å²) in [4.78, 5) is 40.3. The molecular formula is C28H30N4O3. The fourth-order valence-electron chi connectivity index (χ4n) is 4.42. The largest absolute Gasteiger partial charge is 0.366 e. The number of nitrogens with two attached hydrogens (primary N) is 1. The third-order valence-corrected chi connectivity index (χ3v) is 6.41. The number of primary amides is 1. The van der Waals surface area contributed by atoms with Gasteiger partial charge in [-0.2, -0.15) is 0 Å². The summed E-state index contributed by atoms with van der Waals surface area (Å²) in [7, 11) is 0. The van der Waals surface area contributed by atoms with Crippen molar-refractivity contribution in [3.05, 3.63) is 89.0 Å². The Hall–Kier alpha value is -3.97. The van der Waals surface area contributed by atoms with Gasteiger partial charge in [-0.05, 0) is 59.5 Å². The number of carbonyl (C=O) groups excluding carboxylic acids is 3. The Balaban J connectivity index is 1.37. The smallest absolute Gasteiger partial charge is 0.255 e. The monoisotopic (exact) mass is 470 g/mol. The average molecular weight is 471 g/mol. The first-order valence-electron chi connectivity index (χ1n) is 11.7. The van der Waals surface area contributed by atoms with Crippen LogP contribution in [0, 0.1) is 6.92 Å². The Labute approximate surface area is 205 Å². The molecule has 7 heteroatoms. The van der Waals surface area contributed by atoms with Crippen LogP contribution in [0.5, 0.6) is 0 Å². The van der Waals surface area contributed by atoms with Gasteiger partial charge in [0.15, 0.2) is 0 Å². The summed E-state index contributed by atoms with van der Waals surface area (Å²) >= 11 is 0. The Morgan fingerprint density at radius 1 is 0.886 bits per heavy atom. The zero-order valence-corrected chi connectivity index (χ0v) is 20.1. The fourth-order valence-corrected chi connectivity index (χ4v) is 4.42. The lowest BCUT2D eigenvalue weighted by Gasteiger charge is -2.34. The molecule has 3 aromatic rings. The van der Waals surface area contributed by atoms with E-state index >= 15 is 0 Å². The number of hydrogen-bond donors (Lipinski definition) is 2. The molecule has 0 saturated carbocycles. The fraction of sp³-hybridized carbons (Fsp3) is 0.250. The molecule has 0 radical (unpaired) electrons. The molecule has 3 aromatic carbocycles. The van der Waals surface area contributed by atoms with Crippen LogP contribution in [0.25, 0.3) is 11.1 Å². The minimum absolute atomic E-state index is 0.130. The molecule has 3 N–H and O–H groups in total. The lowest BCUT2D eigenvalue weighted by molar-refractivity contribution is -0.130. The van der Waals surface area contributed by atoms with Gasteiger partial charge in [0.1, 0.15) is 0 Å². The first kappa shape index (κ1) is 24.2. The Morgan fingerprint density at radius 2 is 1.54 bits per heavy atom. The molecule has 1 aliphatic rings.